The standard InChI is InChI=1S/C17H16INO/c1-12-3-2-4-13(9-12)11-19-16-7-6-15(18)10-14(16)5-8-17(19)20/h2-4,6-7,9-10H,5,8,11H2,1H3. The number of carbonyl (C=O) groups excluding carboxylic acids is 1. The van der Waals surface area contributed by atoms with Crippen molar-refractivity contribution >= 4 is 34.2 Å². The molecule has 2 aromatic carbocycles. The minimum Gasteiger partial charge on any atom is -0.308 e. The Morgan fingerprint density at radius 1 is 1.15 bits per heavy atom. The topological polar surface area (TPSA) is 20.3 Å². The zero-order chi connectivity index (χ0) is 14.1. The first-order valence-corrected chi connectivity index (χ1v) is 7.86. The second-order valence-corrected chi connectivity index (χ2v) is 6.49. The van der Waals surface area contributed by atoms with Crippen LogP contribution in [-0.4, -0.2) is 5.91 Å². The second-order valence-electron chi connectivity index (χ2n) is 5.24. The van der Waals surface area contributed by atoms with Gasteiger partial charge in [-0.1, -0.05) is 29.8 Å². The molecule has 0 bridgehead atoms. The van der Waals surface area contributed by atoms with Gasteiger partial charge >= 0.3 is 0 Å². The van der Waals surface area contributed by atoms with E-state index in [0.717, 1.165) is 12.1 Å². The largest absolute Gasteiger partial charge is 0.308 e. The molecule has 0 saturated heterocycles. The summed E-state index contributed by atoms with van der Waals surface area (Å²) in [5.41, 5.74) is 4.77. The Labute approximate surface area is 132 Å². The number of carbonyl (C=O) groups is 1. The fourth-order valence-electron chi connectivity index (χ4n) is 2.69. The van der Waals surface area contributed by atoms with E-state index in [1.807, 2.05) is 11.0 Å². The fourth-order valence-corrected chi connectivity index (χ4v) is 3.25. The molecule has 0 saturated carbocycles. The summed E-state index contributed by atoms with van der Waals surface area (Å²) in [4.78, 5) is 14.2. The molecule has 0 spiro atoms. The molecule has 0 aliphatic carbocycles. The van der Waals surface area contributed by atoms with Crippen molar-refractivity contribution in [2.45, 2.75) is 26.3 Å². The summed E-state index contributed by atoms with van der Waals surface area (Å²) >= 11 is 2.32. The lowest BCUT2D eigenvalue weighted by Gasteiger charge is -2.29. The van der Waals surface area contributed by atoms with Crippen molar-refractivity contribution in [3.8, 4) is 0 Å². The quantitative estimate of drug-likeness (QED) is 0.723. The van der Waals surface area contributed by atoms with Crippen LogP contribution in [0.4, 0.5) is 5.69 Å². The summed E-state index contributed by atoms with van der Waals surface area (Å²) in [5.74, 6) is 0.222. The lowest BCUT2D eigenvalue weighted by atomic mass is 10.0. The number of anilines is 1. The van der Waals surface area contributed by atoms with E-state index in [0.29, 0.717) is 13.0 Å². The minimum absolute atomic E-state index is 0.222. The van der Waals surface area contributed by atoms with Crippen molar-refractivity contribution in [1.82, 2.24) is 0 Å². The van der Waals surface area contributed by atoms with Gasteiger partial charge in [0, 0.05) is 15.7 Å². The third-order valence-electron chi connectivity index (χ3n) is 3.66. The Kier molecular flexibility index (Phi) is 3.78. The van der Waals surface area contributed by atoms with Gasteiger partial charge in [-0.25, -0.2) is 0 Å². The molecule has 0 N–H and O–H groups in total. The van der Waals surface area contributed by atoms with Crippen LogP contribution < -0.4 is 4.90 Å². The van der Waals surface area contributed by atoms with Gasteiger partial charge in [0.1, 0.15) is 0 Å². The third-order valence-corrected chi connectivity index (χ3v) is 4.34. The van der Waals surface area contributed by atoms with Crippen LogP contribution in [0.1, 0.15) is 23.1 Å². The molecule has 1 heterocycles. The Morgan fingerprint density at radius 3 is 2.80 bits per heavy atom. The first-order chi connectivity index (χ1) is 9.63. The molecule has 0 atom stereocenters. The molecular formula is C17H16INO. The van der Waals surface area contributed by atoms with Crippen LogP contribution in [-0.2, 0) is 17.8 Å². The number of hydrogen-bond donors (Lipinski definition) is 0. The molecule has 20 heavy (non-hydrogen) atoms. The van der Waals surface area contributed by atoms with Crippen LogP contribution in [0, 0.1) is 10.5 Å². The van der Waals surface area contributed by atoms with Crippen LogP contribution in [0.3, 0.4) is 0 Å². The number of rotatable bonds is 2. The molecule has 0 radical (unpaired) electrons. The molecule has 3 rings (SSSR count). The molecule has 0 fully saturated rings. The van der Waals surface area contributed by atoms with E-state index in [-0.39, 0.29) is 5.91 Å². The summed E-state index contributed by atoms with van der Waals surface area (Å²) in [5, 5.41) is 0. The number of nitrogens with zero attached hydrogens (tertiary/aromatic N) is 1. The Morgan fingerprint density at radius 2 is 2.00 bits per heavy atom. The lowest BCUT2D eigenvalue weighted by molar-refractivity contribution is -0.119. The third kappa shape index (κ3) is 2.73. The van der Waals surface area contributed by atoms with Crippen LogP contribution >= 0.6 is 22.6 Å². The van der Waals surface area contributed by atoms with Crippen LogP contribution in [0.2, 0.25) is 0 Å². The maximum absolute atomic E-state index is 12.3. The van der Waals surface area contributed by atoms with Gasteiger partial charge in [-0.15, -0.1) is 0 Å². The average molecular weight is 377 g/mol. The van der Waals surface area contributed by atoms with Gasteiger partial charge in [-0.3, -0.25) is 4.79 Å². The normalized spacial score (nSPS) is 14.3. The highest BCUT2D eigenvalue weighted by Crippen LogP contribution is 2.30. The fraction of sp³-hybridized carbons (Fsp3) is 0.235. The molecular weight excluding hydrogens is 361 g/mol. The zero-order valence-corrected chi connectivity index (χ0v) is 13.6. The Hall–Kier alpha value is -1.36. The molecule has 102 valence electrons. The summed E-state index contributed by atoms with van der Waals surface area (Å²) in [6.45, 7) is 2.74. The van der Waals surface area contributed by atoms with Gasteiger partial charge in [0.25, 0.3) is 0 Å². The van der Waals surface area contributed by atoms with Crippen LogP contribution in [0.25, 0.3) is 0 Å². The number of aryl methyl sites for hydroxylation is 2. The first kappa shape index (κ1) is 13.6. The molecule has 2 aromatic rings. The Bertz CT molecular complexity index is 666. The maximum Gasteiger partial charge on any atom is 0.227 e. The minimum atomic E-state index is 0.222. The highest BCUT2D eigenvalue weighted by molar-refractivity contribution is 14.1. The monoisotopic (exact) mass is 377 g/mol. The summed E-state index contributed by atoms with van der Waals surface area (Å²) in [6.07, 6.45) is 1.47. The summed E-state index contributed by atoms with van der Waals surface area (Å²) in [7, 11) is 0. The van der Waals surface area contributed by atoms with Crippen molar-refractivity contribution in [3.63, 3.8) is 0 Å². The van der Waals surface area contributed by atoms with Gasteiger partial charge in [0.15, 0.2) is 0 Å². The number of halogens is 1. The van der Waals surface area contributed by atoms with E-state index in [2.05, 4.69) is 65.9 Å². The predicted molar refractivity (Wildman–Crippen MR) is 89.8 cm³/mol. The average Bonchev–Trinajstić information content (AvgIpc) is 2.42. The molecule has 1 amide bonds. The van der Waals surface area contributed by atoms with E-state index < -0.39 is 0 Å². The number of hydrogen-bond acceptors (Lipinski definition) is 1. The van der Waals surface area contributed by atoms with Crippen molar-refractivity contribution in [1.29, 1.82) is 0 Å². The van der Waals surface area contributed by atoms with E-state index in [1.54, 1.807) is 0 Å². The lowest BCUT2D eigenvalue weighted by Crippen LogP contribution is -2.34. The molecule has 0 aromatic heterocycles. The molecule has 3 heteroatoms. The van der Waals surface area contributed by atoms with Gasteiger partial charge < -0.3 is 4.90 Å². The van der Waals surface area contributed by atoms with Gasteiger partial charge in [-0.05, 0) is 65.3 Å². The molecule has 2 nitrogen and oxygen atoms in total. The highest BCUT2D eigenvalue weighted by Gasteiger charge is 2.24. The highest BCUT2D eigenvalue weighted by atomic mass is 127. The number of benzene rings is 2. The van der Waals surface area contributed by atoms with E-state index in [9.17, 15) is 4.79 Å². The molecule has 0 unspecified atom stereocenters. The van der Waals surface area contributed by atoms with Gasteiger partial charge in [-0.2, -0.15) is 0 Å². The summed E-state index contributed by atoms with van der Waals surface area (Å²) < 4.78 is 1.23. The molecule has 1 aliphatic rings. The maximum atomic E-state index is 12.3. The first-order valence-electron chi connectivity index (χ1n) is 6.78. The van der Waals surface area contributed by atoms with Crippen molar-refractivity contribution in [2.24, 2.45) is 0 Å². The predicted octanol–water partition coefficient (Wildman–Crippen LogP) is 4.08. The van der Waals surface area contributed by atoms with E-state index in [1.165, 1.54) is 20.3 Å². The van der Waals surface area contributed by atoms with Crippen LogP contribution in [0.15, 0.2) is 42.5 Å². The van der Waals surface area contributed by atoms with E-state index >= 15 is 0 Å². The van der Waals surface area contributed by atoms with Gasteiger partial charge in [0.2, 0.25) is 5.91 Å². The summed E-state index contributed by atoms with van der Waals surface area (Å²) in [6, 6.07) is 14.7. The molecule has 1 aliphatic heterocycles. The van der Waals surface area contributed by atoms with Gasteiger partial charge in [0.05, 0.1) is 6.54 Å². The van der Waals surface area contributed by atoms with Crippen molar-refractivity contribution < 1.29 is 4.79 Å². The van der Waals surface area contributed by atoms with Crippen LogP contribution in [0.5, 0.6) is 0 Å². The zero-order valence-electron chi connectivity index (χ0n) is 11.4. The van der Waals surface area contributed by atoms with Crippen molar-refractivity contribution in [2.75, 3.05) is 4.90 Å². The smallest absolute Gasteiger partial charge is 0.227 e. The van der Waals surface area contributed by atoms with Crippen molar-refractivity contribution in [3.05, 3.63) is 62.7 Å². The number of amides is 1. The number of fused-ring (bicyclic) bond motifs is 1. The Balaban J connectivity index is 1.95. The van der Waals surface area contributed by atoms with E-state index in [4.69, 9.17) is 0 Å². The SMILES string of the molecule is Cc1cccc(CN2C(=O)CCc3cc(I)ccc32)c1. The second kappa shape index (κ2) is 5.56.